The predicted molar refractivity (Wildman–Crippen MR) is 46.3 cm³/mol. The second-order valence-corrected chi connectivity index (χ2v) is 3.29. The number of hydrogen-bond acceptors (Lipinski definition) is 2. The molecule has 2 nitrogen and oxygen atoms in total. The van der Waals surface area contributed by atoms with Gasteiger partial charge in [-0.3, -0.25) is 0 Å². The van der Waals surface area contributed by atoms with E-state index in [2.05, 4.69) is 13.8 Å². The van der Waals surface area contributed by atoms with E-state index in [0.717, 1.165) is 11.5 Å². The summed E-state index contributed by atoms with van der Waals surface area (Å²) in [6.45, 7) is 4.16. The molecule has 1 aromatic rings. The van der Waals surface area contributed by atoms with Crippen LogP contribution in [0.15, 0.2) is 24.3 Å². The maximum Gasteiger partial charge on any atom is 0.243 e. The zero-order chi connectivity index (χ0) is 8.55. The number of hydrogen-bond donors (Lipinski definition) is 0. The van der Waals surface area contributed by atoms with Gasteiger partial charge in [-0.05, 0) is 12.1 Å². The molecule has 0 aliphatic carbocycles. The van der Waals surface area contributed by atoms with E-state index in [1.54, 1.807) is 0 Å². The van der Waals surface area contributed by atoms with Crippen molar-refractivity contribution in [3.05, 3.63) is 24.3 Å². The minimum atomic E-state index is -0.109. The minimum absolute atomic E-state index is 0.109. The van der Waals surface area contributed by atoms with Crippen LogP contribution in [-0.2, 0) is 0 Å². The van der Waals surface area contributed by atoms with Crippen LogP contribution >= 0.6 is 0 Å². The topological polar surface area (TPSA) is 18.5 Å². The number of fused-ring (bicyclic) bond motifs is 1. The summed E-state index contributed by atoms with van der Waals surface area (Å²) in [4.78, 5) is 0. The SMILES string of the molecule is CC(C)C1Oc2ccccc2O1. The first-order valence-corrected chi connectivity index (χ1v) is 4.20. The highest BCUT2D eigenvalue weighted by Crippen LogP contribution is 2.35. The molecule has 0 aromatic heterocycles. The molecule has 0 N–H and O–H groups in total. The fraction of sp³-hybridized carbons (Fsp3) is 0.400. The van der Waals surface area contributed by atoms with Crippen molar-refractivity contribution < 1.29 is 9.47 Å². The van der Waals surface area contributed by atoms with E-state index in [1.807, 2.05) is 24.3 Å². The van der Waals surface area contributed by atoms with Crippen molar-refractivity contribution >= 4 is 0 Å². The van der Waals surface area contributed by atoms with E-state index in [4.69, 9.17) is 9.47 Å². The van der Waals surface area contributed by atoms with Gasteiger partial charge in [-0.1, -0.05) is 26.0 Å². The Hall–Kier alpha value is -1.18. The lowest BCUT2D eigenvalue weighted by atomic mass is 10.2. The van der Waals surface area contributed by atoms with E-state index in [1.165, 1.54) is 0 Å². The van der Waals surface area contributed by atoms with Crippen molar-refractivity contribution in [2.75, 3.05) is 0 Å². The first kappa shape index (κ1) is 7.47. The summed E-state index contributed by atoms with van der Waals surface area (Å²) in [7, 11) is 0. The quantitative estimate of drug-likeness (QED) is 0.634. The molecule has 12 heavy (non-hydrogen) atoms. The Morgan fingerprint density at radius 2 is 1.58 bits per heavy atom. The van der Waals surface area contributed by atoms with Gasteiger partial charge in [0.2, 0.25) is 6.29 Å². The lowest BCUT2D eigenvalue weighted by Crippen LogP contribution is -2.24. The Kier molecular flexibility index (Phi) is 1.68. The minimum Gasteiger partial charge on any atom is -0.451 e. The Morgan fingerprint density at radius 1 is 1.08 bits per heavy atom. The monoisotopic (exact) mass is 164 g/mol. The molecule has 0 saturated heterocycles. The smallest absolute Gasteiger partial charge is 0.243 e. The first-order chi connectivity index (χ1) is 5.77. The molecule has 1 aromatic carbocycles. The van der Waals surface area contributed by atoms with Crippen LogP contribution in [-0.4, -0.2) is 6.29 Å². The van der Waals surface area contributed by atoms with Crippen molar-refractivity contribution in [3.63, 3.8) is 0 Å². The predicted octanol–water partition coefficient (Wildman–Crippen LogP) is 2.44. The highest BCUT2D eigenvalue weighted by atomic mass is 16.7. The van der Waals surface area contributed by atoms with Gasteiger partial charge >= 0.3 is 0 Å². The lowest BCUT2D eigenvalue weighted by molar-refractivity contribution is 0.00911. The third-order valence-corrected chi connectivity index (χ3v) is 1.88. The largest absolute Gasteiger partial charge is 0.451 e. The maximum absolute atomic E-state index is 5.55. The number of para-hydroxylation sites is 2. The standard InChI is InChI=1S/C10H12O2/c1-7(2)10-11-8-5-3-4-6-9(8)12-10/h3-7,10H,1-2H3. The van der Waals surface area contributed by atoms with Gasteiger partial charge in [-0.2, -0.15) is 0 Å². The highest BCUT2D eigenvalue weighted by molar-refractivity contribution is 5.41. The average molecular weight is 164 g/mol. The summed E-state index contributed by atoms with van der Waals surface area (Å²) < 4.78 is 11.1. The summed E-state index contributed by atoms with van der Waals surface area (Å²) in [5.74, 6) is 2.10. The fourth-order valence-corrected chi connectivity index (χ4v) is 1.19. The molecule has 0 bridgehead atoms. The van der Waals surface area contributed by atoms with Crippen LogP contribution in [0.2, 0.25) is 0 Å². The molecule has 0 unspecified atom stereocenters. The molecule has 2 heteroatoms. The van der Waals surface area contributed by atoms with Crippen molar-refractivity contribution in [1.82, 2.24) is 0 Å². The normalized spacial score (nSPS) is 15.6. The summed E-state index contributed by atoms with van der Waals surface area (Å²) in [6.07, 6.45) is -0.109. The van der Waals surface area contributed by atoms with Gasteiger partial charge in [-0.15, -0.1) is 0 Å². The summed E-state index contributed by atoms with van der Waals surface area (Å²) in [5, 5.41) is 0. The van der Waals surface area contributed by atoms with Crippen LogP contribution in [0, 0.1) is 5.92 Å². The third kappa shape index (κ3) is 1.13. The van der Waals surface area contributed by atoms with E-state index < -0.39 is 0 Å². The summed E-state index contributed by atoms with van der Waals surface area (Å²) in [5.41, 5.74) is 0. The van der Waals surface area contributed by atoms with Crippen LogP contribution in [0.25, 0.3) is 0 Å². The van der Waals surface area contributed by atoms with E-state index in [0.29, 0.717) is 5.92 Å². The molecule has 2 rings (SSSR count). The summed E-state index contributed by atoms with van der Waals surface area (Å²) >= 11 is 0. The van der Waals surface area contributed by atoms with Crippen LogP contribution in [0.5, 0.6) is 11.5 Å². The van der Waals surface area contributed by atoms with Gasteiger partial charge in [0.15, 0.2) is 11.5 Å². The van der Waals surface area contributed by atoms with Crippen LogP contribution in [0.3, 0.4) is 0 Å². The van der Waals surface area contributed by atoms with Crippen molar-refractivity contribution in [1.29, 1.82) is 0 Å². The van der Waals surface area contributed by atoms with Crippen LogP contribution in [0.1, 0.15) is 13.8 Å². The zero-order valence-electron chi connectivity index (χ0n) is 7.28. The van der Waals surface area contributed by atoms with Gasteiger partial charge in [0.05, 0.1) is 0 Å². The van der Waals surface area contributed by atoms with Gasteiger partial charge in [0.25, 0.3) is 0 Å². The van der Waals surface area contributed by atoms with Gasteiger partial charge in [-0.25, -0.2) is 0 Å². The third-order valence-electron chi connectivity index (χ3n) is 1.88. The Balaban J connectivity index is 2.22. The molecule has 0 spiro atoms. The van der Waals surface area contributed by atoms with Gasteiger partial charge in [0, 0.05) is 5.92 Å². The Labute approximate surface area is 72.1 Å². The highest BCUT2D eigenvalue weighted by Gasteiger charge is 2.25. The molecule has 0 radical (unpaired) electrons. The second kappa shape index (κ2) is 2.70. The maximum atomic E-state index is 5.55. The lowest BCUT2D eigenvalue weighted by Gasteiger charge is -2.12. The zero-order valence-corrected chi connectivity index (χ0v) is 7.28. The Bertz CT molecular complexity index is 256. The Morgan fingerprint density at radius 3 is 2.00 bits per heavy atom. The molecule has 1 heterocycles. The fourth-order valence-electron chi connectivity index (χ4n) is 1.19. The van der Waals surface area contributed by atoms with E-state index in [-0.39, 0.29) is 6.29 Å². The molecular weight excluding hydrogens is 152 g/mol. The number of ether oxygens (including phenoxy) is 2. The van der Waals surface area contributed by atoms with E-state index in [9.17, 15) is 0 Å². The second-order valence-electron chi connectivity index (χ2n) is 3.29. The average Bonchev–Trinajstić information content (AvgIpc) is 2.46. The molecule has 0 amide bonds. The molecule has 64 valence electrons. The van der Waals surface area contributed by atoms with Crippen LogP contribution in [0.4, 0.5) is 0 Å². The van der Waals surface area contributed by atoms with E-state index >= 15 is 0 Å². The molecule has 0 atom stereocenters. The van der Waals surface area contributed by atoms with Crippen molar-refractivity contribution in [3.8, 4) is 11.5 Å². The molecular formula is C10H12O2. The molecule has 0 fully saturated rings. The number of benzene rings is 1. The molecule has 1 aliphatic heterocycles. The van der Waals surface area contributed by atoms with Crippen molar-refractivity contribution in [2.24, 2.45) is 5.92 Å². The first-order valence-electron chi connectivity index (χ1n) is 4.20. The molecule has 1 aliphatic rings. The summed E-state index contributed by atoms with van der Waals surface area (Å²) in [6, 6.07) is 7.76. The molecule has 0 saturated carbocycles. The number of rotatable bonds is 1. The van der Waals surface area contributed by atoms with Gasteiger partial charge < -0.3 is 9.47 Å². The van der Waals surface area contributed by atoms with Crippen molar-refractivity contribution in [2.45, 2.75) is 20.1 Å². The van der Waals surface area contributed by atoms with Gasteiger partial charge in [0.1, 0.15) is 0 Å². The van der Waals surface area contributed by atoms with Crippen LogP contribution < -0.4 is 9.47 Å².